The van der Waals surface area contributed by atoms with Crippen LogP contribution in [0.4, 0.5) is 0 Å². The van der Waals surface area contributed by atoms with Crippen molar-refractivity contribution in [2.24, 2.45) is 5.92 Å². The molecule has 0 aromatic carbocycles. The van der Waals surface area contributed by atoms with E-state index in [1.165, 1.54) is 19.8 Å². The van der Waals surface area contributed by atoms with E-state index in [0.717, 1.165) is 18.8 Å². The molecule has 0 bridgehead atoms. The molecule has 2 rings (SSSR count). The van der Waals surface area contributed by atoms with Crippen LogP contribution in [0.3, 0.4) is 0 Å². The summed E-state index contributed by atoms with van der Waals surface area (Å²) in [6, 6.07) is 3.35. The normalized spacial score (nSPS) is 17.9. The highest BCUT2D eigenvalue weighted by molar-refractivity contribution is 5.87. The van der Waals surface area contributed by atoms with E-state index in [0.29, 0.717) is 6.54 Å². The number of likely N-dealkylation sites (tertiary alicyclic amines) is 1. The maximum Gasteiger partial charge on any atom is 0.242 e. The van der Waals surface area contributed by atoms with E-state index in [1.807, 2.05) is 26.0 Å². The van der Waals surface area contributed by atoms with E-state index in [1.54, 1.807) is 6.26 Å². The molecule has 0 radical (unpaired) electrons. The van der Waals surface area contributed by atoms with Crippen LogP contribution >= 0.6 is 0 Å². The van der Waals surface area contributed by atoms with E-state index in [-0.39, 0.29) is 23.8 Å². The molecule has 2 heterocycles. The number of carbonyl (C=O) groups excluding carboxylic acids is 2. The van der Waals surface area contributed by atoms with Crippen molar-refractivity contribution in [1.29, 1.82) is 0 Å². The van der Waals surface area contributed by atoms with Gasteiger partial charge in [0.1, 0.15) is 11.8 Å². The standard InChI is InChI=1S/C17H27N3O3/c1-12(2)16(19-13(3)21)17(22)18-11-14(15-7-6-10-23-15)20-8-4-5-9-20/h6-7,10,12,14,16H,4-5,8-9,11H2,1-3H3,(H,18,22)(H,19,21)/t14-,16+/m1/s1. The monoisotopic (exact) mass is 321 g/mol. The number of hydrogen-bond acceptors (Lipinski definition) is 4. The fourth-order valence-corrected chi connectivity index (χ4v) is 3.00. The second-order valence-corrected chi connectivity index (χ2v) is 6.44. The van der Waals surface area contributed by atoms with Gasteiger partial charge in [-0.05, 0) is 44.0 Å². The fraction of sp³-hybridized carbons (Fsp3) is 0.647. The Morgan fingerprint density at radius 1 is 1.30 bits per heavy atom. The lowest BCUT2D eigenvalue weighted by Gasteiger charge is -2.27. The zero-order chi connectivity index (χ0) is 16.8. The number of hydrogen-bond donors (Lipinski definition) is 2. The highest BCUT2D eigenvalue weighted by Gasteiger charge is 2.28. The van der Waals surface area contributed by atoms with Crippen LogP contribution in [0.1, 0.15) is 45.4 Å². The largest absolute Gasteiger partial charge is 0.468 e. The van der Waals surface area contributed by atoms with Gasteiger partial charge in [-0.2, -0.15) is 0 Å². The highest BCUT2D eigenvalue weighted by Crippen LogP contribution is 2.24. The molecule has 0 spiro atoms. The van der Waals surface area contributed by atoms with Crippen molar-refractivity contribution in [2.75, 3.05) is 19.6 Å². The lowest BCUT2D eigenvalue weighted by molar-refractivity contribution is -0.129. The summed E-state index contributed by atoms with van der Waals surface area (Å²) in [6.07, 6.45) is 4.01. The molecule has 1 aliphatic rings. The summed E-state index contributed by atoms with van der Waals surface area (Å²) in [5, 5.41) is 5.70. The van der Waals surface area contributed by atoms with Crippen LogP contribution in [0.25, 0.3) is 0 Å². The Balaban J connectivity index is 1.99. The molecule has 2 amide bonds. The molecular weight excluding hydrogens is 294 g/mol. The molecule has 0 aliphatic carbocycles. The third kappa shape index (κ3) is 4.82. The average Bonchev–Trinajstić information content (AvgIpc) is 3.17. The Morgan fingerprint density at radius 2 is 2.00 bits per heavy atom. The number of rotatable bonds is 7. The van der Waals surface area contributed by atoms with Crippen LogP contribution in [0.5, 0.6) is 0 Å². The molecule has 6 heteroatoms. The van der Waals surface area contributed by atoms with Gasteiger partial charge in [0.2, 0.25) is 11.8 Å². The van der Waals surface area contributed by atoms with Crippen LogP contribution in [0.15, 0.2) is 22.8 Å². The summed E-state index contributed by atoms with van der Waals surface area (Å²) < 4.78 is 5.55. The van der Waals surface area contributed by atoms with Crippen molar-refractivity contribution in [3.8, 4) is 0 Å². The zero-order valence-electron chi connectivity index (χ0n) is 14.2. The Bertz CT molecular complexity index is 507. The lowest BCUT2D eigenvalue weighted by Crippen LogP contribution is -2.50. The maximum atomic E-state index is 12.4. The summed E-state index contributed by atoms with van der Waals surface area (Å²) >= 11 is 0. The summed E-state index contributed by atoms with van der Waals surface area (Å²) in [5.41, 5.74) is 0. The molecule has 1 fully saturated rings. The molecule has 1 aromatic rings. The fourth-order valence-electron chi connectivity index (χ4n) is 3.00. The van der Waals surface area contributed by atoms with Crippen molar-refractivity contribution in [3.05, 3.63) is 24.2 Å². The lowest BCUT2D eigenvalue weighted by atomic mass is 10.0. The average molecular weight is 321 g/mol. The number of furan rings is 1. The first-order valence-corrected chi connectivity index (χ1v) is 8.31. The molecule has 23 heavy (non-hydrogen) atoms. The number of carbonyl (C=O) groups is 2. The minimum atomic E-state index is -0.511. The minimum absolute atomic E-state index is 0.0350. The van der Waals surface area contributed by atoms with Crippen LogP contribution < -0.4 is 10.6 Å². The van der Waals surface area contributed by atoms with E-state index < -0.39 is 6.04 Å². The molecule has 1 saturated heterocycles. The van der Waals surface area contributed by atoms with Gasteiger partial charge in [0, 0.05) is 13.5 Å². The molecule has 1 aliphatic heterocycles. The minimum Gasteiger partial charge on any atom is -0.468 e. The number of nitrogens with one attached hydrogen (secondary N) is 2. The van der Waals surface area contributed by atoms with Gasteiger partial charge >= 0.3 is 0 Å². The van der Waals surface area contributed by atoms with Crippen LogP contribution in [-0.4, -0.2) is 42.4 Å². The molecule has 0 saturated carbocycles. The van der Waals surface area contributed by atoms with Crippen molar-refractivity contribution >= 4 is 11.8 Å². The highest BCUT2D eigenvalue weighted by atomic mass is 16.3. The van der Waals surface area contributed by atoms with Gasteiger partial charge in [-0.1, -0.05) is 13.8 Å². The van der Waals surface area contributed by atoms with Crippen LogP contribution in [-0.2, 0) is 9.59 Å². The molecular formula is C17H27N3O3. The van der Waals surface area contributed by atoms with Crippen molar-refractivity contribution in [3.63, 3.8) is 0 Å². The van der Waals surface area contributed by atoms with Gasteiger partial charge in [0.25, 0.3) is 0 Å². The first-order valence-electron chi connectivity index (χ1n) is 8.31. The third-order valence-electron chi connectivity index (χ3n) is 4.23. The summed E-state index contributed by atoms with van der Waals surface area (Å²) in [6.45, 7) is 7.78. The van der Waals surface area contributed by atoms with E-state index in [2.05, 4.69) is 15.5 Å². The van der Waals surface area contributed by atoms with Gasteiger partial charge in [-0.25, -0.2) is 0 Å². The van der Waals surface area contributed by atoms with Crippen LogP contribution in [0.2, 0.25) is 0 Å². The summed E-state index contributed by atoms with van der Waals surface area (Å²) in [4.78, 5) is 26.1. The summed E-state index contributed by atoms with van der Waals surface area (Å²) in [5.74, 6) is 0.563. The van der Waals surface area contributed by atoms with Crippen molar-refractivity contribution in [1.82, 2.24) is 15.5 Å². The topological polar surface area (TPSA) is 74.6 Å². The van der Waals surface area contributed by atoms with Crippen LogP contribution in [0, 0.1) is 5.92 Å². The number of amides is 2. The molecule has 0 unspecified atom stereocenters. The SMILES string of the molecule is CC(=O)N[C@H](C(=O)NC[C@H](c1ccco1)N1CCCC1)C(C)C. The number of nitrogens with zero attached hydrogens (tertiary/aromatic N) is 1. The Hall–Kier alpha value is -1.82. The maximum absolute atomic E-state index is 12.4. The Morgan fingerprint density at radius 3 is 2.52 bits per heavy atom. The Labute approximate surface area is 137 Å². The van der Waals surface area contributed by atoms with Gasteiger partial charge in [-0.3, -0.25) is 14.5 Å². The predicted molar refractivity (Wildman–Crippen MR) is 87.7 cm³/mol. The van der Waals surface area contributed by atoms with E-state index >= 15 is 0 Å². The van der Waals surface area contributed by atoms with Crippen molar-refractivity contribution in [2.45, 2.75) is 45.7 Å². The molecule has 128 valence electrons. The van der Waals surface area contributed by atoms with Gasteiger partial charge < -0.3 is 15.1 Å². The Kier molecular flexibility index (Phi) is 6.21. The second-order valence-electron chi connectivity index (χ2n) is 6.44. The smallest absolute Gasteiger partial charge is 0.242 e. The van der Waals surface area contributed by atoms with Gasteiger partial charge in [-0.15, -0.1) is 0 Å². The van der Waals surface area contributed by atoms with Crippen molar-refractivity contribution < 1.29 is 14.0 Å². The summed E-state index contributed by atoms with van der Waals surface area (Å²) in [7, 11) is 0. The van der Waals surface area contributed by atoms with E-state index in [4.69, 9.17) is 4.42 Å². The quantitative estimate of drug-likeness (QED) is 0.801. The molecule has 6 nitrogen and oxygen atoms in total. The molecule has 1 aromatic heterocycles. The first kappa shape index (κ1) is 17.5. The first-order chi connectivity index (χ1) is 11.0. The zero-order valence-corrected chi connectivity index (χ0v) is 14.2. The second kappa shape index (κ2) is 8.15. The predicted octanol–water partition coefficient (Wildman–Crippen LogP) is 1.69. The molecule has 2 atom stereocenters. The van der Waals surface area contributed by atoms with Gasteiger partial charge in [0.05, 0.1) is 12.3 Å². The van der Waals surface area contributed by atoms with Gasteiger partial charge in [0.15, 0.2) is 0 Å². The molecule has 2 N–H and O–H groups in total. The third-order valence-corrected chi connectivity index (χ3v) is 4.23. The van der Waals surface area contributed by atoms with E-state index in [9.17, 15) is 9.59 Å².